The molecule has 2 aromatic carbocycles. The van der Waals surface area contributed by atoms with Gasteiger partial charge in [-0.3, -0.25) is 0 Å². The Hall–Kier alpha value is -1.88. The lowest BCUT2D eigenvalue weighted by molar-refractivity contribution is -0.0990. The molecule has 1 heterocycles. The lowest BCUT2D eigenvalue weighted by atomic mass is 10.2. The van der Waals surface area contributed by atoms with Crippen molar-refractivity contribution in [1.82, 2.24) is 10.0 Å². The molecule has 4 nitrogen and oxygen atoms in total. The van der Waals surface area contributed by atoms with Gasteiger partial charge in [0, 0.05) is 26.2 Å². The van der Waals surface area contributed by atoms with Gasteiger partial charge in [-0.1, -0.05) is 48.5 Å². The predicted molar refractivity (Wildman–Crippen MR) is 91.2 cm³/mol. The normalized spacial score (nSPS) is 15.7. The number of ether oxygens (including phenoxy) is 2. The molecule has 3 rings (SSSR count). The standard InChI is InChI=1S/C19H24N2O2/c1-3-7-18(8-4-1)17-21(20-11-14-22-15-12-20)13-16-23-19-9-5-2-6-10-19/h1-10H,11-17H2. The highest BCUT2D eigenvalue weighted by atomic mass is 16.5. The lowest BCUT2D eigenvalue weighted by Crippen LogP contribution is -2.49. The van der Waals surface area contributed by atoms with Crippen molar-refractivity contribution in [3.8, 4) is 5.75 Å². The highest BCUT2D eigenvalue weighted by Crippen LogP contribution is 2.12. The van der Waals surface area contributed by atoms with Gasteiger partial charge in [0.15, 0.2) is 0 Å². The first-order chi connectivity index (χ1) is 11.4. The van der Waals surface area contributed by atoms with Crippen molar-refractivity contribution in [2.24, 2.45) is 0 Å². The number of nitrogens with zero attached hydrogens (tertiary/aromatic N) is 2. The molecule has 0 N–H and O–H groups in total. The largest absolute Gasteiger partial charge is 0.492 e. The van der Waals surface area contributed by atoms with Crippen LogP contribution in [0.25, 0.3) is 0 Å². The number of morpholine rings is 1. The molecule has 2 aromatic rings. The molecule has 0 atom stereocenters. The van der Waals surface area contributed by atoms with Crippen LogP contribution in [0.3, 0.4) is 0 Å². The van der Waals surface area contributed by atoms with Crippen molar-refractivity contribution in [1.29, 1.82) is 0 Å². The summed E-state index contributed by atoms with van der Waals surface area (Å²) >= 11 is 0. The number of hydrogen-bond donors (Lipinski definition) is 0. The molecule has 0 radical (unpaired) electrons. The Morgan fingerprint density at radius 2 is 1.57 bits per heavy atom. The molecule has 122 valence electrons. The van der Waals surface area contributed by atoms with Crippen LogP contribution >= 0.6 is 0 Å². The summed E-state index contributed by atoms with van der Waals surface area (Å²) in [4.78, 5) is 0. The molecular formula is C19H24N2O2. The van der Waals surface area contributed by atoms with Gasteiger partial charge < -0.3 is 9.47 Å². The van der Waals surface area contributed by atoms with E-state index in [0.717, 1.165) is 45.1 Å². The molecule has 0 aromatic heterocycles. The molecule has 23 heavy (non-hydrogen) atoms. The summed E-state index contributed by atoms with van der Waals surface area (Å²) < 4.78 is 11.3. The number of rotatable bonds is 7. The fourth-order valence-electron chi connectivity index (χ4n) is 2.74. The lowest BCUT2D eigenvalue weighted by Gasteiger charge is -2.37. The van der Waals surface area contributed by atoms with Gasteiger partial charge in [0.25, 0.3) is 0 Å². The van der Waals surface area contributed by atoms with Crippen molar-refractivity contribution >= 4 is 0 Å². The molecular weight excluding hydrogens is 288 g/mol. The van der Waals surface area contributed by atoms with Crippen LogP contribution in [0.2, 0.25) is 0 Å². The van der Waals surface area contributed by atoms with E-state index in [1.807, 2.05) is 30.3 Å². The maximum absolute atomic E-state index is 5.87. The third-order valence-corrected chi connectivity index (χ3v) is 3.96. The van der Waals surface area contributed by atoms with Crippen LogP contribution in [0.4, 0.5) is 0 Å². The Labute approximate surface area is 138 Å². The highest BCUT2D eigenvalue weighted by molar-refractivity contribution is 5.20. The van der Waals surface area contributed by atoms with Gasteiger partial charge in [-0.15, -0.1) is 0 Å². The summed E-state index contributed by atoms with van der Waals surface area (Å²) in [6.07, 6.45) is 0. The second kappa shape index (κ2) is 8.67. The third kappa shape index (κ3) is 5.06. The number of benzene rings is 2. The number of hydrazine groups is 1. The van der Waals surface area contributed by atoms with E-state index < -0.39 is 0 Å². The van der Waals surface area contributed by atoms with E-state index in [4.69, 9.17) is 9.47 Å². The Bertz CT molecular complexity index is 556. The molecule has 0 amide bonds. The first kappa shape index (κ1) is 16.0. The first-order valence-electron chi connectivity index (χ1n) is 8.21. The van der Waals surface area contributed by atoms with E-state index >= 15 is 0 Å². The molecule has 0 bridgehead atoms. The molecule has 1 aliphatic rings. The van der Waals surface area contributed by atoms with Gasteiger partial charge in [-0.2, -0.15) is 0 Å². The quantitative estimate of drug-likeness (QED) is 0.785. The second-order valence-electron chi connectivity index (χ2n) is 5.60. The Morgan fingerprint density at radius 3 is 2.26 bits per heavy atom. The first-order valence-corrected chi connectivity index (χ1v) is 8.21. The molecule has 1 aliphatic heterocycles. The summed E-state index contributed by atoms with van der Waals surface area (Å²) in [5.41, 5.74) is 1.32. The summed E-state index contributed by atoms with van der Waals surface area (Å²) in [5.74, 6) is 0.925. The van der Waals surface area contributed by atoms with Crippen molar-refractivity contribution in [2.45, 2.75) is 6.54 Å². The average molecular weight is 312 g/mol. The minimum Gasteiger partial charge on any atom is -0.492 e. The number of para-hydroxylation sites is 1. The van der Waals surface area contributed by atoms with Crippen LogP contribution < -0.4 is 4.74 Å². The smallest absolute Gasteiger partial charge is 0.119 e. The highest BCUT2D eigenvalue weighted by Gasteiger charge is 2.18. The second-order valence-corrected chi connectivity index (χ2v) is 5.60. The Kier molecular flexibility index (Phi) is 6.03. The molecule has 1 fully saturated rings. The Morgan fingerprint density at radius 1 is 0.913 bits per heavy atom. The van der Waals surface area contributed by atoms with Gasteiger partial charge in [0.2, 0.25) is 0 Å². The molecule has 0 saturated carbocycles. The average Bonchev–Trinajstić information content (AvgIpc) is 2.63. The number of hydrogen-bond acceptors (Lipinski definition) is 4. The summed E-state index contributed by atoms with van der Waals surface area (Å²) in [6.45, 7) is 5.92. The van der Waals surface area contributed by atoms with Gasteiger partial charge in [-0.05, 0) is 17.7 Å². The molecule has 0 spiro atoms. The van der Waals surface area contributed by atoms with Crippen LogP contribution in [-0.2, 0) is 11.3 Å². The zero-order valence-electron chi connectivity index (χ0n) is 13.4. The van der Waals surface area contributed by atoms with E-state index in [2.05, 4.69) is 40.3 Å². The van der Waals surface area contributed by atoms with Crippen LogP contribution in [0.5, 0.6) is 5.75 Å². The van der Waals surface area contributed by atoms with Crippen LogP contribution in [0, 0.1) is 0 Å². The predicted octanol–water partition coefficient (Wildman–Crippen LogP) is 2.81. The minimum absolute atomic E-state index is 0.675. The fourth-order valence-corrected chi connectivity index (χ4v) is 2.74. The zero-order chi connectivity index (χ0) is 15.7. The van der Waals surface area contributed by atoms with Gasteiger partial charge in [0.05, 0.1) is 13.2 Å². The maximum Gasteiger partial charge on any atom is 0.119 e. The van der Waals surface area contributed by atoms with Gasteiger partial charge in [0.1, 0.15) is 12.4 Å². The zero-order valence-corrected chi connectivity index (χ0v) is 13.4. The van der Waals surface area contributed by atoms with E-state index in [9.17, 15) is 0 Å². The molecule has 1 saturated heterocycles. The van der Waals surface area contributed by atoms with Crippen molar-refractivity contribution in [3.05, 3.63) is 66.2 Å². The van der Waals surface area contributed by atoms with Crippen LogP contribution in [-0.4, -0.2) is 49.5 Å². The molecule has 0 aliphatic carbocycles. The topological polar surface area (TPSA) is 24.9 Å². The molecule has 4 heteroatoms. The maximum atomic E-state index is 5.87. The third-order valence-electron chi connectivity index (χ3n) is 3.96. The fraction of sp³-hybridized carbons (Fsp3) is 0.368. The van der Waals surface area contributed by atoms with E-state index in [1.165, 1.54) is 5.56 Å². The summed E-state index contributed by atoms with van der Waals surface area (Å²) in [5, 5.41) is 4.76. The van der Waals surface area contributed by atoms with Gasteiger partial charge in [-0.25, -0.2) is 10.0 Å². The summed E-state index contributed by atoms with van der Waals surface area (Å²) in [6, 6.07) is 20.6. The van der Waals surface area contributed by atoms with Crippen molar-refractivity contribution in [3.63, 3.8) is 0 Å². The monoisotopic (exact) mass is 312 g/mol. The summed E-state index contributed by atoms with van der Waals surface area (Å²) in [7, 11) is 0. The van der Waals surface area contributed by atoms with E-state index in [1.54, 1.807) is 0 Å². The minimum atomic E-state index is 0.675. The van der Waals surface area contributed by atoms with Gasteiger partial charge >= 0.3 is 0 Å². The van der Waals surface area contributed by atoms with Crippen LogP contribution in [0.15, 0.2) is 60.7 Å². The van der Waals surface area contributed by atoms with E-state index in [0.29, 0.717) is 6.61 Å². The van der Waals surface area contributed by atoms with Crippen LogP contribution in [0.1, 0.15) is 5.56 Å². The SMILES string of the molecule is c1ccc(CN(CCOc2ccccc2)N2CCOCC2)cc1. The Balaban J connectivity index is 1.57. The van der Waals surface area contributed by atoms with Crippen molar-refractivity contribution < 1.29 is 9.47 Å². The van der Waals surface area contributed by atoms with E-state index in [-0.39, 0.29) is 0 Å². The molecule has 0 unspecified atom stereocenters. The van der Waals surface area contributed by atoms with Crippen molar-refractivity contribution in [2.75, 3.05) is 39.5 Å².